The molecule has 0 bridgehead atoms. The van der Waals surface area contributed by atoms with Crippen molar-refractivity contribution in [1.29, 1.82) is 0 Å². The number of urea groups is 1. The predicted molar refractivity (Wildman–Crippen MR) is 124 cm³/mol. The van der Waals surface area contributed by atoms with Crippen LogP contribution in [-0.4, -0.2) is 55.4 Å². The Morgan fingerprint density at radius 3 is 2.37 bits per heavy atom. The molecule has 1 saturated heterocycles. The van der Waals surface area contributed by atoms with E-state index in [0.29, 0.717) is 18.9 Å². The van der Waals surface area contributed by atoms with Crippen LogP contribution in [-0.2, 0) is 0 Å². The van der Waals surface area contributed by atoms with Gasteiger partial charge in [0.2, 0.25) is 0 Å². The van der Waals surface area contributed by atoms with Gasteiger partial charge in [-0.3, -0.25) is 5.32 Å². The molecule has 8 heteroatoms. The van der Waals surface area contributed by atoms with Gasteiger partial charge >= 0.3 is 6.03 Å². The molecule has 2 amide bonds. The third-order valence-electron chi connectivity index (χ3n) is 5.94. The van der Waals surface area contributed by atoms with E-state index in [2.05, 4.69) is 67.0 Å². The van der Waals surface area contributed by atoms with E-state index >= 15 is 0 Å². The average molecular weight is 428 g/mol. The fourth-order valence-corrected chi connectivity index (χ4v) is 4.00. The van der Waals surface area contributed by atoms with Crippen LogP contribution in [0.25, 0.3) is 0 Å². The highest BCUT2D eigenvalue weighted by atomic mass is 28.4. The van der Waals surface area contributed by atoms with Crippen molar-refractivity contribution in [3.63, 3.8) is 0 Å². The maximum Gasteiger partial charge on any atom is 0.323 e. The first-order valence-corrected chi connectivity index (χ1v) is 13.3. The van der Waals surface area contributed by atoms with Gasteiger partial charge in [0.25, 0.3) is 8.32 Å². The number of anilines is 2. The van der Waals surface area contributed by atoms with E-state index in [1.165, 1.54) is 5.56 Å². The number of nitrogens with zero attached hydrogens (tertiary/aromatic N) is 4. The van der Waals surface area contributed by atoms with E-state index in [-0.39, 0.29) is 11.1 Å². The lowest BCUT2D eigenvalue weighted by Gasteiger charge is -2.36. The zero-order valence-corrected chi connectivity index (χ0v) is 19.9. The molecule has 1 aliphatic rings. The fraction of sp³-hybridized carbons (Fsp3) is 0.500. The van der Waals surface area contributed by atoms with Crippen molar-refractivity contribution in [3.8, 4) is 5.75 Å². The molecule has 0 radical (unpaired) electrons. The minimum atomic E-state index is -1.91. The molecule has 0 saturated carbocycles. The Labute approximate surface area is 180 Å². The van der Waals surface area contributed by atoms with E-state index in [1.807, 2.05) is 23.2 Å². The standard InChI is InChI=1S/C22H33N5O2Si/c1-17-9-10-23-20(15-17)26-11-13-27(14-12-26)21(28)25-19-8-7-18(16-24-19)29-30(5,6)22(2,3)4/h7-10,15-16H,11-14H2,1-6H3,(H,24,25,28). The number of nitrogens with one attached hydrogen (secondary N) is 1. The highest BCUT2D eigenvalue weighted by Gasteiger charge is 2.39. The Bertz CT molecular complexity index is 872. The first kappa shape index (κ1) is 22.1. The van der Waals surface area contributed by atoms with Crippen LogP contribution >= 0.6 is 0 Å². The van der Waals surface area contributed by atoms with Crippen LogP contribution in [0.3, 0.4) is 0 Å². The number of piperazine rings is 1. The van der Waals surface area contributed by atoms with Gasteiger partial charge in [-0.15, -0.1) is 0 Å². The molecule has 30 heavy (non-hydrogen) atoms. The second-order valence-electron chi connectivity index (χ2n) is 9.34. The lowest BCUT2D eigenvalue weighted by Crippen LogP contribution is -2.50. The summed E-state index contributed by atoms with van der Waals surface area (Å²) in [6, 6.07) is 7.62. The van der Waals surface area contributed by atoms with Gasteiger partial charge in [0, 0.05) is 32.4 Å². The largest absolute Gasteiger partial charge is 0.542 e. The van der Waals surface area contributed by atoms with Crippen molar-refractivity contribution in [2.45, 2.75) is 45.8 Å². The van der Waals surface area contributed by atoms with E-state index in [9.17, 15) is 4.79 Å². The van der Waals surface area contributed by atoms with Crippen LogP contribution in [0.4, 0.5) is 16.4 Å². The molecule has 1 aliphatic heterocycles. The molecule has 0 aliphatic carbocycles. The van der Waals surface area contributed by atoms with E-state index in [1.54, 1.807) is 12.3 Å². The van der Waals surface area contributed by atoms with Gasteiger partial charge in [0.1, 0.15) is 17.4 Å². The number of pyridine rings is 2. The minimum absolute atomic E-state index is 0.121. The van der Waals surface area contributed by atoms with Crippen LogP contribution < -0.4 is 14.6 Å². The lowest BCUT2D eigenvalue weighted by atomic mass is 10.2. The highest BCUT2D eigenvalue weighted by molar-refractivity contribution is 6.74. The average Bonchev–Trinajstić information content (AvgIpc) is 2.68. The van der Waals surface area contributed by atoms with Gasteiger partial charge in [-0.2, -0.15) is 0 Å². The van der Waals surface area contributed by atoms with Crippen LogP contribution in [0, 0.1) is 6.92 Å². The fourth-order valence-electron chi connectivity index (χ4n) is 2.98. The molecule has 7 nitrogen and oxygen atoms in total. The van der Waals surface area contributed by atoms with Crippen LogP contribution in [0.5, 0.6) is 5.75 Å². The first-order valence-electron chi connectivity index (χ1n) is 10.4. The van der Waals surface area contributed by atoms with E-state index in [0.717, 1.165) is 24.7 Å². The SMILES string of the molecule is Cc1ccnc(N2CCN(C(=O)Nc3ccc(O[Si](C)(C)C(C)(C)C)cn3)CC2)c1. The van der Waals surface area contributed by atoms with E-state index in [4.69, 9.17) is 4.43 Å². The number of aryl methyl sites for hydroxylation is 1. The summed E-state index contributed by atoms with van der Waals surface area (Å²) in [5.74, 6) is 2.25. The number of hydrogen-bond acceptors (Lipinski definition) is 5. The monoisotopic (exact) mass is 427 g/mol. The third-order valence-corrected chi connectivity index (χ3v) is 10.3. The number of carbonyl (C=O) groups excluding carboxylic acids is 1. The van der Waals surface area contributed by atoms with Crippen LogP contribution in [0.1, 0.15) is 26.3 Å². The Hall–Kier alpha value is -2.61. The van der Waals surface area contributed by atoms with Gasteiger partial charge in [-0.25, -0.2) is 14.8 Å². The highest BCUT2D eigenvalue weighted by Crippen LogP contribution is 2.37. The van der Waals surface area contributed by atoms with Crippen LogP contribution in [0.2, 0.25) is 18.1 Å². The van der Waals surface area contributed by atoms with Gasteiger partial charge < -0.3 is 14.2 Å². The Balaban J connectivity index is 1.53. The second kappa shape index (κ2) is 8.63. The third kappa shape index (κ3) is 5.30. The smallest absolute Gasteiger partial charge is 0.323 e. The van der Waals surface area contributed by atoms with Crippen molar-refractivity contribution in [3.05, 3.63) is 42.2 Å². The molecular formula is C22H33N5O2Si. The number of amides is 2. The molecule has 3 heterocycles. The van der Waals surface area contributed by atoms with Crippen molar-refractivity contribution in [1.82, 2.24) is 14.9 Å². The quantitative estimate of drug-likeness (QED) is 0.726. The zero-order chi connectivity index (χ0) is 21.9. The Morgan fingerprint density at radius 2 is 1.80 bits per heavy atom. The maximum absolute atomic E-state index is 12.6. The molecule has 2 aromatic rings. The van der Waals surface area contributed by atoms with Crippen molar-refractivity contribution < 1.29 is 9.22 Å². The van der Waals surface area contributed by atoms with Crippen LogP contribution in [0.15, 0.2) is 36.7 Å². The van der Waals surface area contributed by atoms with Crippen molar-refractivity contribution in [2.24, 2.45) is 0 Å². The molecular weight excluding hydrogens is 394 g/mol. The maximum atomic E-state index is 12.6. The molecule has 162 valence electrons. The van der Waals surface area contributed by atoms with Gasteiger partial charge in [-0.05, 0) is 54.9 Å². The molecule has 1 fully saturated rings. The second-order valence-corrected chi connectivity index (χ2v) is 14.1. The van der Waals surface area contributed by atoms with Gasteiger partial charge in [0.15, 0.2) is 0 Å². The molecule has 0 aromatic carbocycles. The van der Waals surface area contributed by atoms with Crippen molar-refractivity contribution in [2.75, 3.05) is 36.4 Å². The summed E-state index contributed by atoms with van der Waals surface area (Å²) < 4.78 is 6.25. The summed E-state index contributed by atoms with van der Waals surface area (Å²) in [5.41, 5.74) is 1.19. The van der Waals surface area contributed by atoms with Crippen molar-refractivity contribution >= 4 is 26.0 Å². The molecule has 0 unspecified atom stereocenters. The molecule has 3 rings (SSSR count). The number of hydrogen-bond donors (Lipinski definition) is 1. The summed E-state index contributed by atoms with van der Waals surface area (Å²) in [5, 5.41) is 3.01. The minimum Gasteiger partial charge on any atom is -0.542 e. The number of rotatable bonds is 4. The summed E-state index contributed by atoms with van der Waals surface area (Å²) in [6.07, 6.45) is 3.52. The Morgan fingerprint density at radius 1 is 1.10 bits per heavy atom. The normalized spacial score (nSPS) is 15.1. The molecule has 0 atom stereocenters. The van der Waals surface area contributed by atoms with E-state index < -0.39 is 8.32 Å². The molecule has 2 aromatic heterocycles. The van der Waals surface area contributed by atoms with Gasteiger partial charge in [0.05, 0.1) is 6.20 Å². The summed E-state index contributed by atoms with van der Waals surface area (Å²) >= 11 is 0. The number of carbonyl (C=O) groups is 1. The zero-order valence-electron chi connectivity index (χ0n) is 18.9. The summed E-state index contributed by atoms with van der Waals surface area (Å²) in [4.78, 5) is 25.5. The summed E-state index contributed by atoms with van der Waals surface area (Å²) in [7, 11) is -1.91. The lowest BCUT2D eigenvalue weighted by molar-refractivity contribution is 0.208. The molecule has 1 N–H and O–H groups in total. The predicted octanol–water partition coefficient (Wildman–Crippen LogP) is 4.52. The topological polar surface area (TPSA) is 70.6 Å². The Kier molecular flexibility index (Phi) is 6.35. The van der Waals surface area contributed by atoms with Gasteiger partial charge in [-0.1, -0.05) is 20.8 Å². The first-order chi connectivity index (χ1) is 14.0. The number of aromatic nitrogens is 2. The summed E-state index contributed by atoms with van der Waals surface area (Å²) in [6.45, 7) is 15.9. The molecule has 0 spiro atoms.